The number of carbonyl (C=O) groups is 2. The maximum absolute atomic E-state index is 13.0. The molecule has 2 aromatic rings. The van der Waals surface area contributed by atoms with E-state index in [1.165, 1.54) is 11.0 Å². The van der Waals surface area contributed by atoms with Crippen molar-refractivity contribution in [1.82, 2.24) is 5.32 Å². The van der Waals surface area contributed by atoms with E-state index >= 15 is 0 Å². The Morgan fingerprint density at radius 1 is 1.04 bits per heavy atom. The number of hydrogen-bond donors (Lipinski definition) is 2. The lowest BCUT2D eigenvalue weighted by Gasteiger charge is -2.30. The van der Waals surface area contributed by atoms with E-state index in [1.807, 2.05) is 25.1 Å². The molecule has 0 aliphatic carbocycles. The Morgan fingerprint density at radius 2 is 1.65 bits per heavy atom. The fraction of sp³-hybridized carbons (Fsp3) is 0.150. The maximum atomic E-state index is 13.0. The third-order valence-corrected chi connectivity index (χ3v) is 4.57. The zero-order chi connectivity index (χ0) is 19.0. The third-order valence-electron chi connectivity index (χ3n) is 4.28. The normalized spacial score (nSPS) is 16.2. The first-order valence-electron chi connectivity index (χ1n) is 8.07. The number of phenols is 1. The molecule has 6 heteroatoms. The molecule has 0 aromatic heterocycles. The van der Waals surface area contributed by atoms with Crippen molar-refractivity contribution < 1.29 is 14.7 Å². The van der Waals surface area contributed by atoms with Crippen molar-refractivity contribution in [3.8, 4) is 5.75 Å². The molecular weight excluding hydrogens is 348 g/mol. The van der Waals surface area contributed by atoms with Crippen LogP contribution in [0.15, 0.2) is 42.0 Å². The molecule has 2 aromatic carbocycles. The van der Waals surface area contributed by atoms with Crippen LogP contribution in [0.3, 0.4) is 0 Å². The number of para-hydroxylation sites is 1. The lowest BCUT2D eigenvalue weighted by atomic mass is 10.0. The molecule has 1 heterocycles. The van der Waals surface area contributed by atoms with Gasteiger partial charge in [-0.05, 0) is 79.5 Å². The van der Waals surface area contributed by atoms with Gasteiger partial charge in [-0.1, -0.05) is 18.2 Å². The van der Waals surface area contributed by atoms with Crippen LogP contribution in [0, 0.1) is 20.8 Å². The first-order valence-corrected chi connectivity index (χ1v) is 8.47. The number of carbonyl (C=O) groups excluding carboxylic acids is 2. The van der Waals surface area contributed by atoms with Crippen LogP contribution in [0.25, 0.3) is 6.08 Å². The number of benzene rings is 2. The van der Waals surface area contributed by atoms with E-state index in [4.69, 9.17) is 12.2 Å². The van der Waals surface area contributed by atoms with Crippen LogP contribution in [-0.4, -0.2) is 22.0 Å². The number of phenolic OH excluding ortho intramolecular Hbond substituents is 1. The minimum atomic E-state index is -0.534. The molecule has 0 unspecified atom stereocenters. The Balaban J connectivity index is 2.07. The molecule has 132 valence electrons. The highest BCUT2D eigenvalue weighted by Crippen LogP contribution is 2.27. The molecular formula is C20H18N2O3S. The summed E-state index contributed by atoms with van der Waals surface area (Å²) in [6.45, 7) is 5.40. The molecule has 0 bridgehead atoms. The van der Waals surface area contributed by atoms with Crippen LogP contribution in [0.2, 0.25) is 0 Å². The molecule has 26 heavy (non-hydrogen) atoms. The topological polar surface area (TPSA) is 69.6 Å². The maximum Gasteiger partial charge on any atom is 0.270 e. The monoisotopic (exact) mass is 366 g/mol. The lowest BCUT2D eigenvalue weighted by Crippen LogP contribution is -2.54. The summed E-state index contributed by atoms with van der Waals surface area (Å²) in [7, 11) is 0. The van der Waals surface area contributed by atoms with Gasteiger partial charge >= 0.3 is 0 Å². The molecule has 1 fully saturated rings. The zero-order valence-corrected chi connectivity index (χ0v) is 15.5. The Hall–Kier alpha value is -2.99. The summed E-state index contributed by atoms with van der Waals surface area (Å²) in [4.78, 5) is 26.7. The zero-order valence-electron chi connectivity index (χ0n) is 14.7. The molecule has 2 amide bonds. The van der Waals surface area contributed by atoms with Gasteiger partial charge in [0.05, 0.1) is 5.69 Å². The molecule has 0 radical (unpaired) electrons. The van der Waals surface area contributed by atoms with Gasteiger partial charge in [-0.25, -0.2) is 0 Å². The number of aromatic hydroxyl groups is 1. The Bertz CT molecular complexity index is 956. The second-order valence-corrected chi connectivity index (χ2v) is 6.63. The van der Waals surface area contributed by atoms with E-state index in [2.05, 4.69) is 5.32 Å². The highest BCUT2D eigenvalue weighted by Gasteiger charge is 2.35. The quantitative estimate of drug-likeness (QED) is 0.487. The summed E-state index contributed by atoms with van der Waals surface area (Å²) in [5.74, 6) is -0.807. The van der Waals surface area contributed by atoms with Gasteiger partial charge in [-0.2, -0.15) is 0 Å². The van der Waals surface area contributed by atoms with Gasteiger partial charge in [0, 0.05) is 0 Å². The summed E-state index contributed by atoms with van der Waals surface area (Å²) >= 11 is 5.21. The smallest absolute Gasteiger partial charge is 0.270 e. The third kappa shape index (κ3) is 3.11. The summed E-state index contributed by atoms with van der Waals surface area (Å²) in [6, 6.07) is 10.8. The van der Waals surface area contributed by atoms with Gasteiger partial charge in [0.25, 0.3) is 11.8 Å². The van der Waals surface area contributed by atoms with Crippen molar-refractivity contribution in [2.45, 2.75) is 20.8 Å². The van der Waals surface area contributed by atoms with E-state index in [1.54, 1.807) is 32.0 Å². The predicted molar refractivity (Wildman–Crippen MR) is 105 cm³/mol. The molecule has 1 aliphatic rings. The van der Waals surface area contributed by atoms with Crippen molar-refractivity contribution in [2.75, 3.05) is 4.90 Å². The minimum absolute atomic E-state index is 0.00802. The average molecular weight is 366 g/mol. The number of thiocarbonyl (C=S) groups is 1. The molecule has 5 nitrogen and oxygen atoms in total. The van der Waals surface area contributed by atoms with Gasteiger partial charge in [-0.3, -0.25) is 19.8 Å². The second kappa shape index (κ2) is 6.72. The van der Waals surface area contributed by atoms with Crippen LogP contribution >= 0.6 is 12.2 Å². The number of nitrogens with one attached hydrogen (secondary N) is 1. The Morgan fingerprint density at radius 3 is 2.27 bits per heavy atom. The van der Waals surface area contributed by atoms with Crippen molar-refractivity contribution in [3.05, 3.63) is 64.2 Å². The summed E-state index contributed by atoms with van der Waals surface area (Å²) < 4.78 is 0. The van der Waals surface area contributed by atoms with Crippen molar-refractivity contribution in [1.29, 1.82) is 0 Å². The summed E-state index contributed by atoms with van der Waals surface area (Å²) in [6.07, 6.45) is 1.52. The molecule has 2 N–H and O–H groups in total. The number of hydrogen-bond acceptors (Lipinski definition) is 4. The van der Waals surface area contributed by atoms with Crippen molar-refractivity contribution in [3.63, 3.8) is 0 Å². The Kier molecular flexibility index (Phi) is 4.61. The fourth-order valence-corrected chi connectivity index (χ4v) is 3.20. The Labute approximate surface area is 156 Å². The van der Waals surface area contributed by atoms with E-state index < -0.39 is 11.8 Å². The fourth-order valence-electron chi connectivity index (χ4n) is 2.93. The largest absolute Gasteiger partial charge is 0.507 e. The minimum Gasteiger partial charge on any atom is -0.507 e. The molecule has 0 saturated carbocycles. The van der Waals surface area contributed by atoms with Crippen LogP contribution < -0.4 is 10.2 Å². The highest BCUT2D eigenvalue weighted by molar-refractivity contribution is 7.80. The lowest BCUT2D eigenvalue weighted by molar-refractivity contribution is -0.122. The molecule has 0 atom stereocenters. The van der Waals surface area contributed by atoms with Gasteiger partial charge in [0.15, 0.2) is 5.11 Å². The molecule has 0 spiro atoms. The van der Waals surface area contributed by atoms with Gasteiger partial charge in [0.2, 0.25) is 0 Å². The van der Waals surface area contributed by atoms with E-state index in [0.29, 0.717) is 22.4 Å². The average Bonchev–Trinajstić information content (AvgIpc) is 2.58. The van der Waals surface area contributed by atoms with Crippen molar-refractivity contribution in [2.24, 2.45) is 0 Å². The molecule has 1 aliphatic heterocycles. The first kappa shape index (κ1) is 17.8. The van der Waals surface area contributed by atoms with Crippen LogP contribution in [0.4, 0.5) is 5.69 Å². The van der Waals surface area contributed by atoms with Crippen LogP contribution in [-0.2, 0) is 9.59 Å². The SMILES string of the molecule is Cc1ccccc1N1C(=O)C(=Cc2cc(C)c(O)c(C)c2)C(=O)NC1=S. The van der Waals surface area contributed by atoms with Crippen molar-refractivity contribution >= 4 is 40.9 Å². The summed E-state index contributed by atoms with van der Waals surface area (Å²) in [5.41, 5.74) is 3.50. The molecule has 1 saturated heterocycles. The van der Waals surface area contributed by atoms with Crippen LogP contribution in [0.1, 0.15) is 22.3 Å². The van der Waals surface area contributed by atoms with E-state index in [9.17, 15) is 14.7 Å². The van der Waals surface area contributed by atoms with Gasteiger partial charge in [0.1, 0.15) is 11.3 Å². The van der Waals surface area contributed by atoms with E-state index in [0.717, 1.165) is 5.56 Å². The van der Waals surface area contributed by atoms with Gasteiger partial charge in [-0.15, -0.1) is 0 Å². The van der Waals surface area contributed by atoms with Crippen LogP contribution in [0.5, 0.6) is 5.75 Å². The van der Waals surface area contributed by atoms with E-state index in [-0.39, 0.29) is 16.4 Å². The number of anilines is 1. The number of aryl methyl sites for hydroxylation is 3. The highest BCUT2D eigenvalue weighted by atomic mass is 32.1. The van der Waals surface area contributed by atoms with Gasteiger partial charge < -0.3 is 5.11 Å². The number of nitrogens with zero attached hydrogens (tertiary/aromatic N) is 1. The summed E-state index contributed by atoms with van der Waals surface area (Å²) in [5, 5.41) is 12.5. The number of amides is 2. The predicted octanol–water partition coefficient (Wildman–Crippen LogP) is 3.15. The first-order chi connectivity index (χ1) is 12.3. The number of rotatable bonds is 2. The standard InChI is InChI=1S/C20H18N2O3S/c1-11-6-4-5-7-16(11)22-19(25)15(18(24)21-20(22)26)10-14-8-12(2)17(23)13(3)9-14/h4-10,23H,1-3H3,(H,21,24,26). The second-order valence-electron chi connectivity index (χ2n) is 6.25. The molecule has 3 rings (SSSR count).